The van der Waals surface area contributed by atoms with Crippen LogP contribution in [0.3, 0.4) is 0 Å². The number of benzene rings is 1. The molecule has 0 aromatic heterocycles. The van der Waals surface area contributed by atoms with Crippen molar-refractivity contribution in [1.29, 1.82) is 0 Å². The van der Waals surface area contributed by atoms with Crippen LogP contribution in [0.25, 0.3) is 0 Å². The van der Waals surface area contributed by atoms with E-state index < -0.39 is 0 Å². The molecule has 3 nitrogen and oxygen atoms in total. The van der Waals surface area contributed by atoms with E-state index in [4.69, 9.17) is 5.73 Å². The molecule has 1 aromatic carbocycles. The van der Waals surface area contributed by atoms with Crippen molar-refractivity contribution >= 4 is 21.8 Å². The third kappa shape index (κ3) is 1.79. The number of hydrogen-bond acceptors (Lipinski definition) is 2. The number of halogens is 1. The average molecular weight is 295 g/mol. The topological polar surface area (TPSA) is 46.3 Å². The Hall–Kier alpha value is -0.870. The molecule has 1 unspecified atom stereocenters. The molecule has 0 spiro atoms. The maximum Gasteiger partial charge on any atom is 0.224 e. The summed E-state index contributed by atoms with van der Waals surface area (Å²) < 4.78 is 1.07. The molecule has 3 rings (SSSR count). The standard InChI is InChI=1S/C13H15BrN2O/c14-10-3-1-9(2-4-10)13(5-6-13)16-8-11(15)7-12(16)17/h1-4,11H,5-8,15H2. The van der Waals surface area contributed by atoms with Gasteiger partial charge in [0, 0.05) is 23.5 Å². The zero-order valence-electron chi connectivity index (χ0n) is 9.53. The number of hydrogen-bond donors (Lipinski definition) is 1. The van der Waals surface area contributed by atoms with Gasteiger partial charge in [0.25, 0.3) is 0 Å². The molecule has 1 amide bonds. The molecule has 2 aliphatic rings. The fraction of sp³-hybridized carbons (Fsp3) is 0.462. The summed E-state index contributed by atoms with van der Waals surface area (Å²) in [4.78, 5) is 13.9. The van der Waals surface area contributed by atoms with E-state index in [2.05, 4.69) is 28.1 Å². The molecule has 90 valence electrons. The Balaban J connectivity index is 1.91. The molecule has 2 N–H and O–H groups in total. The highest BCUT2D eigenvalue weighted by Gasteiger charge is 2.53. The third-order valence-electron chi connectivity index (χ3n) is 3.78. The lowest BCUT2D eigenvalue weighted by molar-refractivity contribution is -0.130. The number of likely N-dealkylation sites (tertiary alicyclic amines) is 1. The van der Waals surface area contributed by atoms with E-state index >= 15 is 0 Å². The van der Waals surface area contributed by atoms with E-state index in [-0.39, 0.29) is 17.5 Å². The second-order valence-electron chi connectivity index (χ2n) is 5.01. The minimum Gasteiger partial charge on any atom is -0.331 e. The molecule has 4 heteroatoms. The Bertz CT molecular complexity index is 453. The summed E-state index contributed by atoms with van der Waals surface area (Å²) in [6, 6.07) is 8.30. The Labute approximate surface area is 109 Å². The monoisotopic (exact) mass is 294 g/mol. The molecular formula is C13H15BrN2O. The minimum absolute atomic E-state index is 0.00965. The number of carbonyl (C=O) groups excluding carboxylic acids is 1. The van der Waals surface area contributed by atoms with Crippen LogP contribution in [0.1, 0.15) is 24.8 Å². The van der Waals surface area contributed by atoms with Crippen LogP contribution < -0.4 is 5.73 Å². The van der Waals surface area contributed by atoms with Crippen LogP contribution in [0.4, 0.5) is 0 Å². The lowest BCUT2D eigenvalue weighted by atomic mass is 10.0. The highest BCUT2D eigenvalue weighted by atomic mass is 79.9. The second-order valence-corrected chi connectivity index (χ2v) is 5.92. The highest BCUT2D eigenvalue weighted by molar-refractivity contribution is 9.10. The van der Waals surface area contributed by atoms with Crippen molar-refractivity contribution in [3.05, 3.63) is 34.3 Å². The SMILES string of the molecule is NC1CC(=O)N(C2(c3ccc(Br)cc3)CC2)C1. The molecule has 1 atom stereocenters. The number of amides is 1. The van der Waals surface area contributed by atoms with Gasteiger partial charge in [-0.25, -0.2) is 0 Å². The van der Waals surface area contributed by atoms with Gasteiger partial charge in [0.2, 0.25) is 5.91 Å². The van der Waals surface area contributed by atoms with Gasteiger partial charge in [0.05, 0.1) is 5.54 Å². The summed E-state index contributed by atoms with van der Waals surface area (Å²) in [5, 5.41) is 0. The zero-order chi connectivity index (χ0) is 12.0. The maximum atomic E-state index is 11.9. The van der Waals surface area contributed by atoms with Gasteiger partial charge in [-0.2, -0.15) is 0 Å². The van der Waals surface area contributed by atoms with E-state index in [9.17, 15) is 4.79 Å². The Morgan fingerprint density at radius 3 is 2.41 bits per heavy atom. The van der Waals surface area contributed by atoms with Crippen molar-refractivity contribution in [2.75, 3.05) is 6.54 Å². The van der Waals surface area contributed by atoms with E-state index in [0.717, 1.165) is 17.3 Å². The highest BCUT2D eigenvalue weighted by Crippen LogP contribution is 2.52. The van der Waals surface area contributed by atoms with Gasteiger partial charge >= 0.3 is 0 Å². The smallest absolute Gasteiger partial charge is 0.224 e. The van der Waals surface area contributed by atoms with Crippen molar-refractivity contribution in [3.8, 4) is 0 Å². The second kappa shape index (κ2) is 3.82. The van der Waals surface area contributed by atoms with Gasteiger partial charge in [0.15, 0.2) is 0 Å². The quantitative estimate of drug-likeness (QED) is 0.907. The summed E-state index contributed by atoms with van der Waals surface area (Å²) in [5.41, 5.74) is 7.06. The summed E-state index contributed by atoms with van der Waals surface area (Å²) in [6.45, 7) is 0.703. The zero-order valence-corrected chi connectivity index (χ0v) is 11.1. The predicted molar refractivity (Wildman–Crippen MR) is 69.4 cm³/mol. The van der Waals surface area contributed by atoms with Crippen LogP contribution >= 0.6 is 15.9 Å². The van der Waals surface area contributed by atoms with E-state index in [1.54, 1.807) is 0 Å². The van der Waals surface area contributed by atoms with Crippen LogP contribution in [0.2, 0.25) is 0 Å². The Morgan fingerprint density at radius 1 is 1.29 bits per heavy atom. The van der Waals surface area contributed by atoms with Crippen LogP contribution in [-0.2, 0) is 10.3 Å². The van der Waals surface area contributed by atoms with Gasteiger partial charge in [-0.15, -0.1) is 0 Å². The summed E-state index contributed by atoms with van der Waals surface area (Å²) >= 11 is 3.44. The Kier molecular flexibility index (Phi) is 2.52. The molecule has 17 heavy (non-hydrogen) atoms. The number of carbonyl (C=O) groups is 1. The van der Waals surface area contributed by atoms with Crippen molar-refractivity contribution in [2.24, 2.45) is 5.73 Å². The predicted octanol–water partition coefficient (Wildman–Crippen LogP) is 2.00. The fourth-order valence-corrected chi connectivity index (χ4v) is 3.01. The largest absolute Gasteiger partial charge is 0.331 e. The van der Waals surface area contributed by atoms with E-state index in [1.807, 2.05) is 17.0 Å². The van der Waals surface area contributed by atoms with Crippen LogP contribution in [0, 0.1) is 0 Å². The molecule has 1 saturated heterocycles. The van der Waals surface area contributed by atoms with Gasteiger partial charge in [-0.3, -0.25) is 4.79 Å². The first-order chi connectivity index (χ1) is 8.12. The molecule has 0 bridgehead atoms. The van der Waals surface area contributed by atoms with Gasteiger partial charge in [-0.1, -0.05) is 28.1 Å². The lowest BCUT2D eigenvalue weighted by Gasteiger charge is -2.28. The van der Waals surface area contributed by atoms with Crippen LogP contribution in [0.15, 0.2) is 28.7 Å². The minimum atomic E-state index is -0.0497. The molecule has 1 aliphatic carbocycles. The van der Waals surface area contributed by atoms with Crippen molar-refractivity contribution < 1.29 is 4.79 Å². The number of rotatable bonds is 2. The van der Waals surface area contributed by atoms with Crippen molar-refractivity contribution in [1.82, 2.24) is 4.90 Å². The molecule has 1 heterocycles. The lowest BCUT2D eigenvalue weighted by Crippen LogP contribution is -2.38. The van der Waals surface area contributed by atoms with Gasteiger partial charge in [-0.05, 0) is 30.5 Å². The third-order valence-corrected chi connectivity index (χ3v) is 4.31. The normalized spacial score (nSPS) is 26.4. The Morgan fingerprint density at radius 2 is 1.94 bits per heavy atom. The molecule has 0 radical (unpaired) electrons. The number of nitrogens with two attached hydrogens (primary N) is 1. The van der Waals surface area contributed by atoms with Gasteiger partial charge < -0.3 is 10.6 Å². The van der Waals surface area contributed by atoms with Crippen LogP contribution in [-0.4, -0.2) is 23.4 Å². The summed E-state index contributed by atoms with van der Waals surface area (Å²) in [5.74, 6) is 0.206. The summed E-state index contributed by atoms with van der Waals surface area (Å²) in [6.07, 6.45) is 2.62. The first-order valence-corrected chi connectivity index (χ1v) is 6.73. The fourth-order valence-electron chi connectivity index (χ4n) is 2.74. The maximum absolute atomic E-state index is 11.9. The first-order valence-electron chi connectivity index (χ1n) is 5.94. The number of nitrogens with zero attached hydrogens (tertiary/aromatic N) is 1. The van der Waals surface area contributed by atoms with Crippen molar-refractivity contribution in [3.63, 3.8) is 0 Å². The van der Waals surface area contributed by atoms with Crippen molar-refractivity contribution in [2.45, 2.75) is 30.8 Å². The van der Waals surface area contributed by atoms with Crippen LogP contribution in [0.5, 0.6) is 0 Å². The van der Waals surface area contributed by atoms with Gasteiger partial charge in [0.1, 0.15) is 0 Å². The molecule has 1 aromatic rings. The molecule has 1 saturated carbocycles. The summed E-state index contributed by atoms with van der Waals surface area (Å²) in [7, 11) is 0. The average Bonchev–Trinajstić information content (AvgIpc) is 3.01. The molecular weight excluding hydrogens is 280 g/mol. The van der Waals surface area contributed by atoms with E-state index in [1.165, 1.54) is 5.56 Å². The first kappa shape index (κ1) is 11.2. The van der Waals surface area contributed by atoms with E-state index in [0.29, 0.717) is 13.0 Å². The molecule has 2 fully saturated rings. The molecule has 1 aliphatic heterocycles.